The lowest BCUT2D eigenvalue weighted by Gasteiger charge is -2.31. The molecule has 1 amide bonds. The fraction of sp³-hybridized carbons (Fsp3) is 0.478. The summed E-state index contributed by atoms with van der Waals surface area (Å²) in [6.45, 7) is 7.75. The van der Waals surface area contributed by atoms with Crippen molar-refractivity contribution in [2.45, 2.75) is 39.7 Å². The molecule has 1 unspecified atom stereocenters. The molecule has 1 atom stereocenters. The number of carbonyl (C=O) groups is 1. The van der Waals surface area contributed by atoms with E-state index in [0.29, 0.717) is 47.2 Å². The SMILES string of the molecule is Cc1cc(C)c(CN2CCc3c(Cl)cc(C(C)CN(C)CCO)c(Cl)c3C2=O)c(=O)[nH]1. The number of aromatic amines is 1. The van der Waals surface area contributed by atoms with Crippen LogP contribution in [0.4, 0.5) is 0 Å². The molecule has 3 rings (SSSR count). The van der Waals surface area contributed by atoms with Gasteiger partial charge in [-0.05, 0) is 62.1 Å². The number of aromatic nitrogens is 1. The maximum absolute atomic E-state index is 13.4. The predicted molar refractivity (Wildman–Crippen MR) is 124 cm³/mol. The van der Waals surface area contributed by atoms with Crippen molar-refractivity contribution >= 4 is 29.1 Å². The van der Waals surface area contributed by atoms with Crippen LogP contribution in [0.15, 0.2) is 16.9 Å². The maximum Gasteiger partial charge on any atom is 0.256 e. The second-order valence-electron chi connectivity index (χ2n) is 8.42. The molecular formula is C23H29Cl2N3O3. The first-order valence-electron chi connectivity index (χ1n) is 10.4. The summed E-state index contributed by atoms with van der Waals surface area (Å²) < 4.78 is 0. The summed E-state index contributed by atoms with van der Waals surface area (Å²) in [5.74, 6) is -0.178. The number of hydrogen-bond acceptors (Lipinski definition) is 4. The van der Waals surface area contributed by atoms with E-state index in [-0.39, 0.29) is 30.5 Å². The Bertz CT molecular complexity index is 1050. The zero-order valence-corrected chi connectivity index (χ0v) is 19.9. The van der Waals surface area contributed by atoms with Crippen LogP contribution in [0.3, 0.4) is 0 Å². The van der Waals surface area contributed by atoms with Gasteiger partial charge in [0.15, 0.2) is 0 Å². The van der Waals surface area contributed by atoms with Crippen molar-refractivity contribution < 1.29 is 9.90 Å². The van der Waals surface area contributed by atoms with E-state index in [1.807, 2.05) is 44.9 Å². The summed E-state index contributed by atoms with van der Waals surface area (Å²) >= 11 is 13.3. The number of carbonyl (C=O) groups excluding carboxylic acids is 1. The van der Waals surface area contributed by atoms with Crippen LogP contribution in [0.1, 0.15) is 51.1 Å². The lowest BCUT2D eigenvalue weighted by molar-refractivity contribution is 0.0726. The molecule has 2 heterocycles. The van der Waals surface area contributed by atoms with Crippen molar-refractivity contribution in [1.29, 1.82) is 0 Å². The average Bonchev–Trinajstić information content (AvgIpc) is 2.68. The minimum Gasteiger partial charge on any atom is -0.395 e. The number of fused-ring (bicyclic) bond motifs is 1. The van der Waals surface area contributed by atoms with Crippen LogP contribution < -0.4 is 5.56 Å². The van der Waals surface area contributed by atoms with Crippen LogP contribution in [-0.2, 0) is 13.0 Å². The molecule has 2 aromatic rings. The van der Waals surface area contributed by atoms with Crippen molar-refractivity contribution in [2.24, 2.45) is 0 Å². The molecule has 1 aromatic carbocycles. The van der Waals surface area contributed by atoms with E-state index in [1.165, 1.54) is 0 Å². The molecule has 0 spiro atoms. The molecule has 1 aliphatic heterocycles. The summed E-state index contributed by atoms with van der Waals surface area (Å²) in [6, 6.07) is 3.77. The predicted octanol–water partition coefficient (Wildman–Crippen LogP) is 3.52. The number of rotatable bonds is 7. The molecule has 31 heavy (non-hydrogen) atoms. The largest absolute Gasteiger partial charge is 0.395 e. The zero-order chi connectivity index (χ0) is 22.9. The van der Waals surface area contributed by atoms with Gasteiger partial charge in [-0.2, -0.15) is 0 Å². The second kappa shape index (κ2) is 9.74. The number of aliphatic hydroxyl groups excluding tert-OH is 1. The van der Waals surface area contributed by atoms with Gasteiger partial charge >= 0.3 is 0 Å². The lowest BCUT2D eigenvalue weighted by Crippen LogP contribution is -2.39. The Balaban J connectivity index is 1.94. The first-order chi connectivity index (χ1) is 14.6. The molecule has 0 fully saturated rings. The van der Waals surface area contributed by atoms with Crippen LogP contribution in [0.2, 0.25) is 10.0 Å². The third-order valence-electron chi connectivity index (χ3n) is 5.92. The molecule has 0 saturated carbocycles. The average molecular weight is 466 g/mol. The zero-order valence-electron chi connectivity index (χ0n) is 18.4. The smallest absolute Gasteiger partial charge is 0.256 e. The molecule has 0 aliphatic carbocycles. The van der Waals surface area contributed by atoms with Crippen LogP contribution in [0.25, 0.3) is 0 Å². The van der Waals surface area contributed by atoms with Crippen LogP contribution in [-0.4, -0.2) is 59.1 Å². The molecule has 2 N–H and O–H groups in total. The highest BCUT2D eigenvalue weighted by Crippen LogP contribution is 2.38. The number of amides is 1. The maximum atomic E-state index is 13.4. The Hall–Kier alpha value is -1.86. The van der Waals surface area contributed by atoms with E-state index >= 15 is 0 Å². The van der Waals surface area contributed by atoms with E-state index < -0.39 is 0 Å². The quantitative estimate of drug-likeness (QED) is 0.655. The molecule has 168 valence electrons. The molecular weight excluding hydrogens is 437 g/mol. The third kappa shape index (κ3) is 4.98. The van der Waals surface area contributed by atoms with Crippen LogP contribution in [0, 0.1) is 13.8 Å². The van der Waals surface area contributed by atoms with Gasteiger partial charge in [-0.15, -0.1) is 0 Å². The van der Waals surface area contributed by atoms with Gasteiger partial charge < -0.3 is 19.9 Å². The monoisotopic (exact) mass is 465 g/mol. The number of pyridine rings is 1. The molecule has 1 aliphatic rings. The van der Waals surface area contributed by atoms with Crippen molar-refractivity contribution in [3.05, 3.63) is 66.0 Å². The lowest BCUT2D eigenvalue weighted by atomic mass is 9.91. The van der Waals surface area contributed by atoms with Crippen molar-refractivity contribution in [3.63, 3.8) is 0 Å². The Labute approximate surface area is 192 Å². The fourth-order valence-corrected chi connectivity index (χ4v) is 5.01. The van der Waals surface area contributed by atoms with E-state index in [1.54, 1.807) is 4.90 Å². The third-order valence-corrected chi connectivity index (χ3v) is 6.66. The number of hydrogen-bond donors (Lipinski definition) is 2. The van der Waals surface area contributed by atoms with Gasteiger partial charge in [0.25, 0.3) is 11.5 Å². The Morgan fingerprint density at radius 2 is 1.97 bits per heavy atom. The van der Waals surface area contributed by atoms with E-state index in [0.717, 1.165) is 22.4 Å². The number of likely N-dealkylation sites (N-methyl/N-ethyl adjacent to an activating group) is 1. The molecule has 8 heteroatoms. The summed E-state index contributed by atoms with van der Waals surface area (Å²) in [5, 5.41) is 10.1. The highest BCUT2D eigenvalue weighted by Gasteiger charge is 2.31. The van der Waals surface area contributed by atoms with Crippen molar-refractivity contribution in [2.75, 3.05) is 33.3 Å². The topological polar surface area (TPSA) is 76.6 Å². The number of aliphatic hydroxyl groups is 1. The molecule has 1 aromatic heterocycles. The van der Waals surface area contributed by atoms with Crippen molar-refractivity contribution in [1.82, 2.24) is 14.8 Å². The molecule has 0 saturated heterocycles. The number of aryl methyl sites for hydroxylation is 2. The Kier molecular flexibility index (Phi) is 7.47. The van der Waals surface area contributed by atoms with Gasteiger partial charge in [0, 0.05) is 35.9 Å². The highest BCUT2D eigenvalue weighted by molar-refractivity contribution is 6.37. The summed E-state index contributed by atoms with van der Waals surface area (Å²) in [7, 11) is 1.93. The standard InChI is InChI=1S/C23H29Cl2N3O3/c1-13-9-15(3)26-22(30)18(13)12-28-6-5-16-19(24)10-17(21(25)20(16)23(28)31)14(2)11-27(4)7-8-29/h9-10,14,29H,5-8,11-12H2,1-4H3,(H,26,30). The van der Waals surface area contributed by atoms with Gasteiger partial charge in [-0.25, -0.2) is 0 Å². The minimum absolute atomic E-state index is 0.0252. The van der Waals surface area contributed by atoms with Gasteiger partial charge in [0.1, 0.15) is 0 Å². The van der Waals surface area contributed by atoms with Crippen molar-refractivity contribution in [3.8, 4) is 0 Å². The van der Waals surface area contributed by atoms with E-state index in [9.17, 15) is 9.59 Å². The molecule has 0 bridgehead atoms. The number of benzene rings is 1. The Morgan fingerprint density at radius 3 is 2.61 bits per heavy atom. The van der Waals surface area contributed by atoms with E-state index in [4.69, 9.17) is 28.3 Å². The summed E-state index contributed by atoms with van der Waals surface area (Å²) in [5.41, 5.74) is 4.08. The highest BCUT2D eigenvalue weighted by atomic mass is 35.5. The second-order valence-corrected chi connectivity index (χ2v) is 9.21. The van der Waals surface area contributed by atoms with Crippen LogP contribution in [0.5, 0.6) is 0 Å². The van der Waals surface area contributed by atoms with Gasteiger partial charge in [0.2, 0.25) is 0 Å². The first-order valence-corrected chi connectivity index (χ1v) is 11.2. The fourth-order valence-electron chi connectivity index (χ4n) is 4.26. The number of halogens is 2. The van der Waals surface area contributed by atoms with Crippen LogP contribution >= 0.6 is 23.2 Å². The molecule has 6 nitrogen and oxygen atoms in total. The number of H-pyrrole nitrogens is 1. The summed E-state index contributed by atoms with van der Waals surface area (Å²) in [6.07, 6.45) is 0.585. The Morgan fingerprint density at radius 1 is 1.26 bits per heavy atom. The number of nitrogens with one attached hydrogen (secondary N) is 1. The van der Waals surface area contributed by atoms with Gasteiger partial charge in [0.05, 0.1) is 23.7 Å². The first kappa shape index (κ1) is 23.8. The molecule has 0 radical (unpaired) electrons. The normalized spacial score (nSPS) is 14.8. The van der Waals surface area contributed by atoms with Gasteiger partial charge in [-0.1, -0.05) is 30.1 Å². The van der Waals surface area contributed by atoms with Gasteiger partial charge in [-0.3, -0.25) is 9.59 Å². The summed E-state index contributed by atoms with van der Waals surface area (Å²) in [4.78, 5) is 32.3. The minimum atomic E-state index is -0.203. The van der Waals surface area contributed by atoms with E-state index in [2.05, 4.69) is 4.98 Å². The number of nitrogens with zero attached hydrogens (tertiary/aromatic N) is 2.